The number of carbonyl (C=O) groups excluding carboxylic acids is 1. The van der Waals surface area contributed by atoms with Crippen molar-refractivity contribution in [2.24, 2.45) is 11.8 Å². The summed E-state index contributed by atoms with van der Waals surface area (Å²) < 4.78 is 33.4. The van der Waals surface area contributed by atoms with Crippen LogP contribution in [0.2, 0.25) is 0 Å². The molecule has 0 spiro atoms. The standard InChI is InChI=1S/C25H21F2NO3/c1-10-7-11(2)16(12(3)8-10)18-22(29)19-20(23(18)30)25-21(28-4)17(24(19)31-25)13-5-6-14(26)15(27)9-13/h5-9,17,19-21,24-25,29H,1-3H3/t17-,19-,20+,21+,24-,25-/m1/s1. The first kappa shape index (κ1) is 19.9. The fourth-order valence-electron chi connectivity index (χ4n) is 5.94. The smallest absolute Gasteiger partial charge is 0.259 e. The van der Waals surface area contributed by atoms with Gasteiger partial charge < -0.3 is 14.7 Å². The molecule has 2 bridgehead atoms. The molecule has 6 heteroatoms. The summed E-state index contributed by atoms with van der Waals surface area (Å²) in [4.78, 5) is 17.2. The Morgan fingerprint density at radius 1 is 0.968 bits per heavy atom. The number of carbonyl (C=O) groups is 1. The molecule has 2 aliphatic heterocycles. The van der Waals surface area contributed by atoms with Crippen LogP contribution in [0.4, 0.5) is 8.78 Å². The number of halogens is 2. The molecular weight excluding hydrogens is 400 g/mol. The topological polar surface area (TPSA) is 50.9 Å². The fourth-order valence-corrected chi connectivity index (χ4v) is 5.94. The fraction of sp³-hybridized carbons (Fsp3) is 0.360. The SMILES string of the molecule is [C-]#[N+][C@@H]1[C@@H]2O[C@@H]([C@H]3C(O)=C(c4c(C)cc(C)cc4C)C(=O)[C@@H]23)[C@@H]1c1ccc(F)c(F)c1. The van der Waals surface area contributed by atoms with Gasteiger partial charge in [0.05, 0.1) is 29.4 Å². The van der Waals surface area contributed by atoms with Crippen LogP contribution in [0.25, 0.3) is 10.4 Å². The van der Waals surface area contributed by atoms with Gasteiger partial charge in [0.15, 0.2) is 17.4 Å². The predicted molar refractivity (Wildman–Crippen MR) is 110 cm³/mol. The van der Waals surface area contributed by atoms with Gasteiger partial charge in [-0.2, -0.15) is 0 Å². The minimum atomic E-state index is -0.991. The Morgan fingerprint density at radius 2 is 1.65 bits per heavy atom. The van der Waals surface area contributed by atoms with Crippen LogP contribution >= 0.6 is 0 Å². The van der Waals surface area contributed by atoms with Gasteiger partial charge in [-0.25, -0.2) is 15.4 Å². The van der Waals surface area contributed by atoms with Crippen molar-refractivity contribution < 1.29 is 23.4 Å². The largest absolute Gasteiger partial charge is 0.511 e. The van der Waals surface area contributed by atoms with Gasteiger partial charge in [0, 0.05) is 0 Å². The van der Waals surface area contributed by atoms with Crippen molar-refractivity contribution in [3.63, 3.8) is 0 Å². The normalized spacial score (nSPS) is 31.3. The van der Waals surface area contributed by atoms with Crippen LogP contribution in [0.15, 0.2) is 36.1 Å². The minimum Gasteiger partial charge on any atom is -0.511 e. The molecule has 3 aliphatic rings. The maximum atomic E-state index is 13.9. The Labute approximate surface area is 179 Å². The van der Waals surface area contributed by atoms with Crippen LogP contribution in [-0.4, -0.2) is 29.1 Å². The predicted octanol–water partition coefficient (Wildman–Crippen LogP) is 4.83. The summed E-state index contributed by atoms with van der Waals surface area (Å²) in [5.74, 6) is -3.96. The monoisotopic (exact) mass is 421 g/mol. The summed E-state index contributed by atoms with van der Waals surface area (Å²) in [5, 5.41) is 11.2. The van der Waals surface area contributed by atoms with Gasteiger partial charge in [0.2, 0.25) is 0 Å². The average molecular weight is 421 g/mol. The second-order valence-corrected chi connectivity index (χ2v) is 8.83. The Kier molecular flexibility index (Phi) is 4.32. The number of hydrogen-bond donors (Lipinski definition) is 1. The van der Waals surface area contributed by atoms with Crippen LogP contribution in [0.1, 0.15) is 33.7 Å². The van der Waals surface area contributed by atoms with Gasteiger partial charge in [-0.1, -0.05) is 23.8 Å². The summed E-state index contributed by atoms with van der Waals surface area (Å²) in [6, 6.07) is 6.82. The van der Waals surface area contributed by atoms with Gasteiger partial charge >= 0.3 is 0 Å². The van der Waals surface area contributed by atoms with Crippen molar-refractivity contribution in [2.45, 2.75) is 44.9 Å². The van der Waals surface area contributed by atoms with Gasteiger partial charge in [-0.3, -0.25) is 4.79 Å². The number of fused-ring (bicyclic) bond motifs is 5. The van der Waals surface area contributed by atoms with Crippen molar-refractivity contribution in [3.8, 4) is 0 Å². The quantitative estimate of drug-likeness (QED) is 0.707. The summed E-state index contributed by atoms with van der Waals surface area (Å²) in [7, 11) is 0. The molecule has 4 nitrogen and oxygen atoms in total. The number of hydrogen-bond acceptors (Lipinski definition) is 3. The highest BCUT2D eigenvalue weighted by atomic mass is 19.2. The molecule has 2 fully saturated rings. The molecule has 0 amide bonds. The molecule has 2 aromatic carbocycles. The molecule has 2 heterocycles. The first-order valence-corrected chi connectivity index (χ1v) is 10.3. The summed E-state index contributed by atoms with van der Waals surface area (Å²) in [6.45, 7) is 13.5. The lowest BCUT2D eigenvalue weighted by atomic mass is 9.70. The highest BCUT2D eigenvalue weighted by Crippen LogP contribution is 2.59. The van der Waals surface area contributed by atoms with E-state index in [1.54, 1.807) is 0 Å². The number of ether oxygens (including phenoxy) is 1. The number of allylic oxidation sites excluding steroid dienone is 1. The lowest BCUT2D eigenvalue weighted by Gasteiger charge is -2.28. The zero-order valence-electron chi connectivity index (χ0n) is 17.3. The zero-order valence-corrected chi connectivity index (χ0v) is 17.3. The molecule has 0 saturated carbocycles. The molecule has 0 unspecified atom stereocenters. The van der Waals surface area contributed by atoms with Gasteiger partial charge in [0.1, 0.15) is 11.9 Å². The third kappa shape index (κ3) is 2.63. The lowest BCUT2D eigenvalue weighted by Crippen LogP contribution is -2.41. The third-order valence-corrected chi connectivity index (χ3v) is 6.99. The Hall–Kier alpha value is -3.04. The average Bonchev–Trinajstić information content (AvgIpc) is 3.34. The maximum absolute atomic E-state index is 13.9. The van der Waals surface area contributed by atoms with Crippen LogP contribution in [0, 0.1) is 50.8 Å². The Balaban J connectivity index is 1.62. The number of aliphatic hydroxyl groups is 1. The van der Waals surface area contributed by atoms with Crippen molar-refractivity contribution in [3.05, 3.63) is 87.0 Å². The number of nitrogens with zero attached hydrogens (tertiary/aromatic N) is 1. The van der Waals surface area contributed by atoms with Gasteiger partial charge in [0.25, 0.3) is 6.04 Å². The Bertz CT molecular complexity index is 1190. The van der Waals surface area contributed by atoms with E-state index in [0.29, 0.717) is 11.1 Å². The zero-order chi connectivity index (χ0) is 22.2. The van der Waals surface area contributed by atoms with E-state index < -0.39 is 47.6 Å². The number of benzene rings is 2. The van der Waals surface area contributed by atoms with Crippen molar-refractivity contribution >= 4 is 11.4 Å². The number of aryl methyl sites for hydroxylation is 3. The van der Waals surface area contributed by atoms with Gasteiger partial charge in [-0.05, 0) is 55.2 Å². The lowest BCUT2D eigenvalue weighted by molar-refractivity contribution is -0.118. The molecule has 1 N–H and O–H groups in total. The van der Waals surface area contributed by atoms with E-state index in [1.165, 1.54) is 6.07 Å². The molecule has 1 aliphatic carbocycles. The molecule has 2 saturated heterocycles. The molecule has 6 atom stereocenters. The number of aliphatic hydroxyl groups excluding tert-OH is 1. The van der Waals surface area contributed by atoms with Crippen LogP contribution in [0.5, 0.6) is 0 Å². The van der Waals surface area contributed by atoms with Crippen LogP contribution in [-0.2, 0) is 9.53 Å². The van der Waals surface area contributed by atoms with E-state index in [0.717, 1.165) is 34.4 Å². The number of Topliss-reactive ketones (excluding diaryl/α,β-unsaturated/α-hetero) is 1. The first-order valence-electron chi connectivity index (χ1n) is 10.3. The molecule has 2 aromatic rings. The van der Waals surface area contributed by atoms with E-state index in [-0.39, 0.29) is 11.5 Å². The molecular formula is C25H21F2NO3. The summed E-state index contributed by atoms with van der Waals surface area (Å²) in [6.07, 6.45) is -1.34. The highest BCUT2D eigenvalue weighted by molar-refractivity contribution is 6.26. The summed E-state index contributed by atoms with van der Waals surface area (Å²) in [5.41, 5.74) is 4.35. The summed E-state index contributed by atoms with van der Waals surface area (Å²) >= 11 is 0. The number of rotatable bonds is 2. The Morgan fingerprint density at radius 3 is 2.26 bits per heavy atom. The molecule has 31 heavy (non-hydrogen) atoms. The van der Waals surface area contributed by atoms with E-state index in [4.69, 9.17) is 11.3 Å². The molecule has 0 radical (unpaired) electrons. The van der Waals surface area contributed by atoms with Crippen molar-refractivity contribution in [2.75, 3.05) is 0 Å². The number of ketones is 1. The van der Waals surface area contributed by atoms with E-state index in [9.17, 15) is 18.7 Å². The molecule has 158 valence electrons. The van der Waals surface area contributed by atoms with Gasteiger partial charge in [-0.15, -0.1) is 0 Å². The van der Waals surface area contributed by atoms with E-state index in [1.807, 2.05) is 32.9 Å². The second kappa shape index (κ2) is 6.73. The van der Waals surface area contributed by atoms with Crippen molar-refractivity contribution in [1.82, 2.24) is 0 Å². The van der Waals surface area contributed by atoms with E-state index >= 15 is 0 Å². The van der Waals surface area contributed by atoms with E-state index in [2.05, 4.69) is 4.85 Å². The first-order chi connectivity index (χ1) is 14.7. The van der Waals surface area contributed by atoms with Crippen LogP contribution in [0.3, 0.4) is 0 Å². The van der Waals surface area contributed by atoms with Crippen LogP contribution < -0.4 is 0 Å². The molecule has 0 aromatic heterocycles. The second-order valence-electron chi connectivity index (χ2n) is 8.83. The molecule has 5 rings (SSSR count). The maximum Gasteiger partial charge on any atom is 0.259 e. The van der Waals surface area contributed by atoms with Crippen molar-refractivity contribution in [1.29, 1.82) is 0 Å². The highest BCUT2D eigenvalue weighted by Gasteiger charge is 2.69. The third-order valence-electron chi connectivity index (χ3n) is 6.99. The minimum absolute atomic E-state index is 0.0198.